The molecule has 18 heavy (non-hydrogen) atoms. The highest BCUT2D eigenvalue weighted by molar-refractivity contribution is 7.80. The summed E-state index contributed by atoms with van der Waals surface area (Å²) in [5.74, 6) is -0.708. The second-order valence-corrected chi connectivity index (χ2v) is 3.90. The van der Waals surface area contributed by atoms with Gasteiger partial charge in [-0.3, -0.25) is 10.1 Å². The smallest absolute Gasteiger partial charge is 0.293 e. The summed E-state index contributed by atoms with van der Waals surface area (Å²) in [4.78, 5) is 11.5. The van der Waals surface area contributed by atoms with Gasteiger partial charge in [-0.25, -0.2) is 4.39 Å². The number of furan rings is 1. The Morgan fingerprint density at radius 3 is 2.67 bits per heavy atom. The highest BCUT2D eigenvalue weighted by Crippen LogP contribution is 2.24. The van der Waals surface area contributed by atoms with E-state index in [1.165, 1.54) is 18.2 Å². The zero-order chi connectivity index (χ0) is 13.1. The first kappa shape index (κ1) is 12.3. The quantitative estimate of drug-likeness (QED) is 0.815. The van der Waals surface area contributed by atoms with Gasteiger partial charge in [-0.05, 0) is 36.5 Å². The van der Waals surface area contributed by atoms with Gasteiger partial charge in [0.1, 0.15) is 11.6 Å². The van der Waals surface area contributed by atoms with E-state index < -0.39 is 11.7 Å². The van der Waals surface area contributed by atoms with Crippen LogP contribution in [0.5, 0.6) is 0 Å². The molecule has 0 radical (unpaired) electrons. The Hall–Kier alpha value is -2.21. The van der Waals surface area contributed by atoms with Crippen LogP contribution >= 0.6 is 12.2 Å². The fourth-order valence-electron chi connectivity index (χ4n) is 1.44. The Bertz CT molecular complexity index is 610. The molecule has 92 valence electrons. The average molecular weight is 264 g/mol. The van der Waals surface area contributed by atoms with Crippen molar-refractivity contribution >= 4 is 23.2 Å². The van der Waals surface area contributed by atoms with Crippen molar-refractivity contribution in [2.75, 3.05) is 0 Å². The Labute approximate surface area is 108 Å². The third-order valence-corrected chi connectivity index (χ3v) is 2.31. The SMILES string of the molecule is NC(=S)NC(=O)c1ccc(-c2ccccc2F)o1. The number of nitrogens with one attached hydrogen (secondary N) is 1. The molecule has 2 aromatic rings. The third-order valence-electron chi connectivity index (χ3n) is 2.21. The fourth-order valence-corrected chi connectivity index (χ4v) is 1.53. The van der Waals surface area contributed by atoms with E-state index >= 15 is 0 Å². The van der Waals surface area contributed by atoms with Crippen LogP contribution in [0, 0.1) is 5.82 Å². The molecule has 3 N–H and O–H groups in total. The number of halogens is 1. The molecule has 0 aliphatic carbocycles. The normalized spacial score (nSPS) is 10.1. The van der Waals surface area contributed by atoms with Crippen LogP contribution in [0.2, 0.25) is 0 Å². The van der Waals surface area contributed by atoms with Crippen molar-refractivity contribution in [1.82, 2.24) is 5.32 Å². The van der Waals surface area contributed by atoms with Crippen LogP contribution in [-0.2, 0) is 0 Å². The number of hydrogen-bond donors (Lipinski definition) is 2. The summed E-state index contributed by atoms with van der Waals surface area (Å²) in [5, 5.41) is 2.07. The number of nitrogens with two attached hydrogens (primary N) is 1. The molecule has 0 saturated carbocycles. The summed E-state index contributed by atoms with van der Waals surface area (Å²) in [6.07, 6.45) is 0. The first-order valence-corrected chi connectivity index (χ1v) is 5.44. The molecule has 0 atom stereocenters. The van der Waals surface area contributed by atoms with Gasteiger partial charge in [-0.2, -0.15) is 0 Å². The van der Waals surface area contributed by atoms with Crippen LogP contribution in [0.1, 0.15) is 10.6 Å². The van der Waals surface area contributed by atoms with Gasteiger partial charge in [0, 0.05) is 0 Å². The van der Waals surface area contributed by atoms with Gasteiger partial charge in [0.25, 0.3) is 5.91 Å². The highest BCUT2D eigenvalue weighted by Gasteiger charge is 2.14. The van der Waals surface area contributed by atoms with Crippen molar-refractivity contribution in [3.63, 3.8) is 0 Å². The van der Waals surface area contributed by atoms with Crippen molar-refractivity contribution in [3.05, 3.63) is 48.0 Å². The van der Waals surface area contributed by atoms with E-state index in [0.717, 1.165) is 0 Å². The van der Waals surface area contributed by atoms with Crippen molar-refractivity contribution in [2.24, 2.45) is 5.73 Å². The monoisotopic (exact) mass is 264 g/mol. The van der Waals surface area contributed by atoms with E-state index in [9.17, 15) is 9.18 Å². The molecule has 4 nitrogen and oxygen atoms in total. The predicted molar refractivity (Wildman–Crippen MR) is 68.4 cm³/mol. The van der Waals surface area contributed by atoms with E-state index in [-0.39, 0.29) is 22.2 Å². The molecule has 6 heteroatoms. The van der Waals surface area contributed by atoms with Crippen molar-refractivity contribution in [3.8, 4) is 11.3 Å². The maximum atomic E-state index is 13.5. The van der Waals surface area contributed by atoms with Crippen molar-refractivity contribution in [2.45, 2.75) is 0 Å². The highest BCUT2D eigenvalue weighted by atomic mass is 32.1. The van der Waals surface area contributed by atoms with Gasteiger partial charge in [0.15, 0.2) is 10.9 Å². The molecule has 0 unspecified atom stereocenters. The molecule has 0 spiro atoms. The molecule has 0 fully saturated rings. The standard InChI is InChI=1S/C12H9FN2O2S/c13-8-4-2-1-3-7(8)9-5-6-10(17-9)11(16)15-12(14)18/h1-6H,(H3,14,15,16,18). The second-order valence-electron chi connectivity index (χ2n) is 3.46. The van der Waals surface area contributed by atoms with E-state index in [1.807, 2.05) is 0 Å². The molecule has 2 rings (SSSR count). The lowest BCUT2D eigenvalue weighted by Gasteiger charge is -2.00. The van der Waals surface area contributed by atoms with Gasteiger partial charge in [0.05, 0.1) is 5.56 Å². The molecular weight excluding hydrogens is 255 g/mol. The van der Waals surface area contributed by atoms with E-state index in [4.69, 9.17) is 10.2 Å². The summed E-state index contributed by atoms with van der Waals surface area (Å²) >= 11 is 4.54. The van der Waals surface area contributed by atoms with Crippen molar-refractivity contribution in [1.29, 1.82) is 0 Å². The minimum atomic E-state index is -0.565. The molecular formula is C12H9FN2O2S. The lowest BCUT2D eigenvalue weighted by atomic mass is 10.1. The number of carbonyl (C=O) groups is 1. The predicted octanol–water partition coefficient (Wildman–Crippen LogP) is 2.06. The molecule has 1 aromatic carbocycles. The Kier molecular flexibility index (Phi) is 3.38. The molecule has 0 aliphatic rings. The van der Waals surface area contributed by atoms with Gasteiger partial charge in [-0.1, -0.05) is 12.1 Å². The van der Waals surface area contributed by atoms with Crippen LogP contribution < -0.4 is 11.1 Å². The summed E-state index contributed by atoms with van der Waals surface area (Å²) in [5.41, 5.74) is 5.45. The fraction of sp³-hybridized carbons (Fsp3) is 0. The number of thiocarbonyl (C=S) groups is 1. The minimum Gasteiger partial charge on any atom is -0.451 e. The van der Waals surface area contributed by atoms with Crippen LogP contribution in [0.4, 0.5) is 4.39 Å². The van der Waals surface area contributed by atoms with Gasteiger partial charge >= 0.3 is 0 Å². The number of hydrogen-bond acceptors (Lipinski definition) is 3. The van der Waals surface area contributed by atoms with Gasteiger partial charge in [0.2, 0.25) is 0 Å². The largest absolute Gasteiger partial charge is 0.451 e. The lowest BCUT2D eigenvalue weighted by molar-refractivity contribution is 0.0951. The van der Waals surface area contributed by atoms with Crippen LogP contribution in [-0.4, -0.2) is 11.0 Å². The lowest BCUT2D eigenvalue weighted by Crippen LogP contribution is -2.34. The summed E-state index contributed by atoms with van der Waals surface area (Å²) in [6.45, 7) is 0. The molecule has 1 aromatic heterocycles. The Morgan fingerprint density at radius 2 is 2.00 bits per heavy atom. The van der Waals surface area contributed by atoms with E-state index in [0.29, 0.717) is 0 Å². The van der Waals surface area contributed by atoms with E-state index in [1.54, 1.807) is 18.2 Å². The van der Waals surface area contributed by atoms with Crippen LogP contribution in [0.15, 0.2) is 40.8 Å². The van der Waals surface area contributed by atoms with Crippen LogP contribution in [0.3, 0.4) is 0 Å². The summed E-state index contributed by atoms with van der Waals surface area (Å²) in [7, 11) is 0. The molecule has 0 bridgehead atoms. The van der Waals surface area contributed by atoms with Gasteiger partial charge < -0.3 is 10.2 Å². The first-order chi connectivity index (χ1) is 8.58. The van der Waals surface area contributed by atoms with E-state index in [2.05, 4.69) is 17.5 Å². The summed E-state index contributed by atoms with van der Waals surface area (Å²) < 4.78 is 18.7. The average Bonchev–Trinajstić information content (AvgIpc) is 2.78. The number of rotatable bonds is 2. The maximum Gasteiger partial charge on any atom is 0.293 e. The first-order valence-electron chi connectivity index (χ1n) is 5.03. The van der Waals surface area contributed by atoms with Gasteiger partial charge in [-0.15, -0.1) is 0 Å². The third kappa shape index (κ3) is 2.54. The maximum absolute atomic E-state index is 13.5. The molecule has 1 heterocycles. The molecule has 1 amide bonds. The Balaban J connectivity index is 2.29. The molecule has 0 aliphatic heterocycles. The second kappa shape index (κ2) is 4.97. The Morgan fingerprint density at radius 1 is 1.28 bits per heavy atom. The zero-order valence-corrected chi connectivity index (χ0v) is 9.96. The summed E-state index contributed by atoms with van der Waals surface area (Å²) in [6, 6.07) is 9.05. The molecule has 0 saturated heterocycles. The topological polar surface area (TPSA) is 68.3 Å². The zero-order valence-electron chi connectivity index (χ0n) is 9.14. The number of carbonyl (C=O) groups excluding carboxylic acids is 1. The van der Waals surface area contributed by atoms with Crippen LogP contribution in [0.25, 0.3) is 11.3 Å². The number of amides is 1. The van der Waals surface area contributed by atoms with Crippen molar-refractivity contribution < 1.29 is 13.6 Å². The number of benzene rings is 1. The minimum absolute atomic E-state index is 0.0149.